The minimum Gasteiger partial charge on any atom is -0.366 e. The predicted octanol–water partition coefficient (Wildman–Crippen LogP) is 4.08. The smallest absolute Gasteiger partial charge is 0.301 e. The molecule has 10 nitrogen and oxygen atoms in total. The van der Waals surface area contributed by atoms with Crippen molar-refractivity contribution in [2.75, 3.05) is 29.5 Å². The average Bonchev–Trinajstić information content (AvgIpc) is 3.32. The Kier molecular flexibility index (Phi) is 5.93. The number of H-pyrrole nitrogens is 1. The zero-order valence-electron chi connectivity index (χ0n) is 19.1. The van der Waals surface area contributed by atoms with Gasteiger partial charge in [-0.25, -0.2) is 4.98 Å². The monoisotopic (exact) mass is 488 g/mol. The molecule has 0 bridgehead atoms. The number of hydrogen-bond acceptors (Lipinski definition) is 7. The second-order valence-corrected chi connectivity index (χ2v) is 10.0. The first-order valence-electron chi connectivity index (χ1n) is 10.9. The first kappa shape index (κ1) is 22.6. The molecule has 0 atom stereocenters. The van der Waals surface area contributed by atoms with Crippen molar-refractivity contribution in [3.63, 3.8) is 0 Å². The van der Waals surface area contributed by atoms with E-state index in [0.717, 1.165) is 20.8 Å². The number of benzene rings is 3. The molecular weight excluding hydrogens is 464 g/mol. The van der Waals surface area contributed by atoms with Crippen LogP contribution in [0.4, 0.5) is 23.0 Å². The lowest BCUT2D eigenvalue weighted by molar-refractivity contribution is 0.527. The molecule has 0 spiro atoms. The molecule has 35 heavy (non-hydrogen) atoms. The fourth-order valence-corrected chi connectivity index (χ4v) is 4.28. The highest BCUT2D eigenvalue weighted by atomic mass is 32.2. The number of nitrogens with one attached hydrogen (secondary N) is 4. The van der Waals surface area contributed by atoms with Crippen molar-refractivity contribution in [3.05, 3.63) is 78.4 Å². The summed E-state index contributed by atoms with van der Waals surface area (Å²) in [5.41, 5.74) is 3.54. The van der Waals surface area contributed by atoms with E-state index < -0.39 is 10.2 Å². The van der Waals surface area contributed by atoms with Crippen LogP contribution in [0.1, 0.15) is 5.56 Å². The van der Waals surface area contributed by atoms with Gasteiger partial charge in [0.05, 0.1) is 5.69 Å². The summed E-state index contributed by atoms with van der Waals surface area (Å²) in [5, 5.41) is 19.6. The fraction of sp³-hybridized carbons (Fsp3) is 0.125. The summed E-state index contributed by atoms with van der Waals surface area (Å²) in [6, 6.07) is 23.2. The Morgan fingerprint density at radius 3 is 2.57 bits per heavy atom. The van der Waals surface area contributed by atoms with Gasteiger partial charge in [-0.15, -0.1) is 0 Å². The first-order valence-corrected chi connectivity index (χ1v) is 12.3. The van der Waals surface area contributed by atoms with Gasteiger partial charge in [0.2, 0.25) is 0 Å². The second-order valence-electron chi connectivity index (χ2n) is 8.13. The summed E-state index contributed by atoms with van der Waals surface area (Å²) < 4.78 is 28.6. The van der Waals surface area contributed by atoms with Crippen LogP contribution < -0.4 is 15.4 Å². The normalized spacial score (nSPS) is 11.7. The summed E-state index contributed by atoms with van der Waals surface area (Å²) >= 11 is 0. The van der Waals surface area contributed by atoms with E-state index >= 15 is 0 Å². The molecule has 178 valence electrons. The van der Waals surface area contributed by atoms with Gasteiger partial charge in [-0.3, -0.25) is 4.72 Å². The molecule has 0 radical (unpaired) electrons. The number of anilines is 4. The van der Waals surface area contributed by atoms with Crippen molar-refractivity contribution < 1.29 is 8.42 Å². The number of nitrogens with zero attached hydrogens (tertiary/aromatic N) is 4. The molecule has 2 heterocycles. The van der Waals surface area contributed by atoms with Crippen LogP contribution in [0.5, 0.6) is 0 Å². The van der Waals surface area contributed by atoms with Crippen LogP contribution in [-0.2, 0) is 16.8 Å². The lowest BCUT2D eigenvalue weighted by atomic mass is 10.0. The lowest BCUT2D eigenvalue weighted by Gasteiger charge is -2.18. The third kappa shape index (κ3) is 4.86. The molecule has 0 fully saturated rings. The second kappa shape index (κ2) is 9.20. The highest BCUT2D eigenvalue weighted by Gasteiger charge is 2.17. The number of aromatic nitrogens is 4. The molecule has 0 aliphatic carbocycles. The molecule has 4 N–H and O–H groups in total. The van der Waals surface area contributed by atoms with E-state index in [2.05, 4.69) is 60.0 Å². The zero-order valence-corrected chi connectivity index (χ0v) is 20.0. The van der Waals surface area contributed by atoms with Crippen LogP contribution >= 0.6 is 0 Å². The highest BCUT2D eigenvalue weighted by molar-refractivity contribution is 7.90. The first-order chi connectivity index (χ1) is 16.9. The van der Waals surface area contributed by atoms with Crippen molar-refractivity contribution in [2.24, 2.45) is 0 Å². The van der Waals surface area contributed by atoms with Crippen LogP contribution in [0.15, 0.2) is 72.8 Å². The van der Waals surface area contributed by atoms with Gasteiger partial charge >= 0.3 is 10.2 Å². The Bertz CT molecular complexity index is 1610. The molecule has 5 rings (SSSR count). The maximum Gasteiger partial charge on any atom is 0.301 e. The minimum absolute atomic E-state index is 0.315. The van der Waals surface area contributed by atoms with E-state index in [0.29, 0.717) is 35.1 Å². The molecule has 2 aromatic heterocycles. The molecule has 11 heteroatoms. The number of rotatable bonds is 8. The maximum absolute atomic E-state index is 12.5. The van der Waals surface area contributed by atoms with Crippen molar-refractivity contribution in [1.29, 1.82) is 0 Å². The van der Waals surface area contributed by atoms with E-state index in [1.165, 1.54) is 19.5 Å². The van der Waals surface area contributed by atoms with Gasteiger partial charge in [0.15, 0.2) is 5.82 Å². The van der Waals surface area contributed by atoms with Gasteiger partial charge in [-0.05, 0) is 46.7 Å². The van der Waals surface area contributed by atoms with E-state index in [4.69, 9.17) is 0 Å². The minimum atomic E-state index is -3.73. The Morgan fingerprint density at radius 1 is 0.914 bits per heavy atom. The van der Waals surface area contributed by atoms with Gasteiger partial charge in [-0.1, -0.05) is 42.5 Å². The van der Waals surface area contributed by atoms with E-state index in [-0.39, 0.29) is 0 Å². The summed E-state index contributed by atoms with van der Waals surface area (Å²) in [7, 11) is -0.809. The zero-order chi connectivity index (χ0) is 24.4. The van der Waals surface area contributed by atoms with Crippen molar-refractivity contribution in [2.45, 2.75) is 6.54 Å². The quantitative estimate of drug-likeness (QED) is 0.259. The van der Waals surface area contributed by atoms with Gasteiger partial charge in [0, 0.05) is 26.3 Å². The third-order valence-electron chi connectivity index (χ3n) is 5.53. The Labute approximate surface area is 202 Å². The predicted molar refractivity (Wildman–Crippen MR) is 139 cm³/mol. The third-order valence-corrected chi connectivity index (χ3v) is 6.97. The van der Waals surface area contributed by atoms with Crippen LogP contribution in [0, 0.1) is 0 Å². The molecule has 0 aliphatic heterocycles. The Hall–Kier alpha value is -4.22. The topological polar surface area (TPSA) is 128 Å². The van der Waals surface area contributed by atoms with E-state index in [1.54, 1.807) is 18.2 Å². The molecule has 0 saturated carbocycles. The van der Waals surface area contributed by atoms with E-state index in [9.17, 15) is 8.42 Å². The molecular formula is C24H24N8O2S. The van der Waals surface area contributed by atoms with Crippen LogP contribution in [-0.4, -0.2) is 47.2 Å². The summed E-state index contributed by atoms with van der Waals surface area (Å²) in [6.07, 6.45) is 0. The number of pyridine rings is 1. The summed E-state index contributed by atoms with van der Waals surface area (Å²) in [5.74, 6) is 0.942. The van der Waals surface area contributed by atoms with Gasteiger partial charge in [0.1, 0.15) is 16.9 Å². The van der Waals surface area contributed by atoms with Gasteiger partial charge in [0.25, 0.3) is 0 Å². The SMILES string of the molecule is CN(C)S(=O)(=O)Nc1ccc(NCc2cccc3ccccc23)nc1Nc1ccc2n[nH]nc2c1. The maximum atomic E-state index is 12.5. The van der Waals surface area contributed by atoms with Crippen LogP contribution in [0.2, 0.25) is 0 Å². The molecule has 3 aromatic carbocycles. The molecule has 0 saturated heterocycles. The Balaban J connectivity index is 1.45. The summed E-state index contributed by atoms with van der Waals surface area (Å²) in [6.45, 7) is 0.557. The van der Waals surface area contributed by atoms with Crippen molar-refractivity contribution in [1.82, 2.24) is 24.7 Å². The summed E-state index contributed by atoms with van der Waals surface area (Å²) in [4.78, 5) is 4.66. The molecule has 5 aromatic rings. The largest absolute Gasteiger partial charge is 0.366 e. The van der Waals surface area contributed by atoms with Crippen molar-refractivity contribution in [3.8, 4) is 0 Å². The standard InChI is InChI=1S/C24H24N8O2S/c1-32(2)35(33,34)30-21-12-13-23(25-15-17-8-5-7-16-6-3-4-9-19(16)17)27-24(21)26-18-10-11-20-22(14-18)29-31-28-20/h3-14,30H,15H2,1-2H3,(H2,25,26,27)(H,28,29,31). The number of fused-ring (bicyclic) bond motifs is 2. The van der Waals surface area contributed by atoms with Gasteiger partial charge in [-0.2, -0.15) is 28.1 Å². The average molecular weight is 489 g/mol. The number of aromatic amines is 1. The highest BCUT2D eigenvalue weighted by Crippen LogP contribution is 2.28. The Morgan fingerprint density at radius 2 is 1.71 bits per heavy atom. The molecule has 0 unspecified atom stereocenters. The van der Waals surface area contributed by atoms with Crippen molar-refractivity contribution >= 4 is 55.0 Å². The fourth-order valence-electron chi connectivity index (χ4n) is 3.65. The van der Waals surface area contributed by atoms with Gasteiger partial charge < -0.3 is 10.6 Å². The number of hydrogen-bond donors (Lipinski definition) is 4. The molecule has 0 aliphatic rings. The molecule has 0 amide bonds. The lowest BCUT2D eigenvalue weighted by Crippen LogP contribution is -2.29. The van der Waals surface area contributed by atoms with E-state index in [1.807, 2.05) is 30.3 Å². The van der Waals surface area contributed by atoms with Crippen LogP contribution in [0.25, 0.3) is 21.8 Å². The van der Waals surface area contributed by atoms with Crippen LogP contribution in [0.3, 0.4) is 0 Å².